The predicted octanol–water partition coefficient (Wildman–Crippen LogP) is -0.342. The minimum absolute atomic E-state index is 0.0571. The fourth-order valence-electron chi connectivity index (χ4n) is 3.62. The van der Waals surface area contributed by atoms with Gasteiger partial charge in [-0.2, -0.15) is 0 Å². The Bertz CT molecular complexity index is 932. The summed E-state index contributed by atoms with van der Waals surface area (Å²) in [6, 6.07) is 6.73. The molecule has 2 aromatic carbocycles. The van der Waals surface area contributed by atoms with Crippen molar-refractivity contribution in [2.24, 2.45) is 0 Å². The van der Waals surface area contributed by atoms with Crippen LogP contribution in [0.1, 0.15) is 17.2 Å². The van der Waals surface area contributed by atoms with Crippen molar-refractivity contribution in [2.45, 2.75) is 43.2 Å². The molecule has 7 N–H and O–H groups in total. The lowest BCUT2D eigenvalue weighted by Gasteiger charge is -2.32. The highest BCUT2D eigenvalue weighted by molar-refractivity contribution is 5.52. The fourth-order valence-corrected chi connectivity index (χ4v) is 3.62. The maximum Gasteiger partial charge on any atom is 0.229 e. The number of phenols is 3. The molecule has 0 bridgehead atoms. The van der Waals surface area contributed by atoms with Crippen LogP contribution in [-0.2, 0) is 11.2 Å². The number of hydrogen-bond acceptors (Lipinski definition) is 10. The van der Waals surface area contributed by atoms with Crippen LogP contribution in [0.15, 0.2) is 30.3 Å². The predicted molar refractivity (Wildman–Crippen MR) is 99.3 cm³/mol. The molecule has 0 unspecified atom stereocenters. The van der Waals surface area contributed by atoms with Gasteiger partial charge in [0, 0.05) is 24.1 Å². The fraction of sp³-hybridized carbons (Fsp3) is 0.400. The topological polar surface area (TPSA) is 169 Å². The Morgan fingerprint density at radius 3 is 2.37 bits per heavy atom. The van der Waals surface area contributed by atoms with Gasteiger partial charge < -0.3 is 50.0 Å². The van der Waals surface area contributed by atoms with Crippen molar-refractivity contribution >= 4 is 0 Å². The number of rotatable bonds is 4. The van der Waals surface area contributed by atoms with Gasteiger partial charge in [0.15, 0.2) is 11.5 Å². The Hall–Kier alpha value is -2.76. The van der Waals surface area contributed by atoms with Crippen molar-refractivity contribution in [3.63, 3.8) is 0 Å². The first-order chi connectivity index (χ1) is 14.3. The second-order valence-electron chi connectivity index (χ2n) is 7.30. The molecule has 0 saturated carbocycles. The highest BCUT2D eigenvalue weighted by atomic mass is 16.7. The van der Waals surface area contributed by atoms with Crippen molar-refractivity contribution in [3.05, 3.63) is 41.5 Å². The zero-order chi connectivity index (χ0) is 21.6. The van der Waals surface area contributed by atoms with Crippen LogP contribution in [0.5, 0.6) is 28.7 Å². The van der Waals surface area contributed by atoms with E-state index in [9.17, 15) is 35.7 Å². The summed E-state index contributed by atoms with van der Waals surface area (Å²) in [7, 11) is 0. The molecule has 2 aromatic rings. The van der Waals surface area contributed by atoms with E-state index in [0.29, 0.717) is 11.1 Å². The maximum atomic E-state index is 10.5. The number of aliphatic hydroxyl groups excluding tert-OH is 4. The molecule has 162 valence electrons. The first kappa shape index (κ1) is 20.5. The highest BCUT2D eigenvalue weighted by Gasteiger charge is 2.44. The Balaban J connectivity index is 1.59. The number of aromatic hydroxyl groups is 3. The van der Waals surface area contributed by atoms with E-state index in [2.05, 4.69) is 0 Å². The van der Waals surface area contributed by atoms with Crippen LogP contribution in [0.25, 0.3) is 0 Å². The SMILES string of the molecule is OC[C@H]1O[C@H](Oc2cc(O)c3c(c2)O[C@@H](c2ccc(O)c(O)c2)[C@@H](O)C3)[C@H](O)[C@H]1O. The van der Waals surface area contributed by atoms with Gasteiger partial charge in [-0.15, -0.1) is 0 Å². The summed E-state index contributed by atoms with van der Waals surface area (Å²) >= 11 is 0. The summed E-state index contributed by atoms with van der Waals surface area (Å²) in [5.41, 5.74) is 0.757. The van der Waals surface area contributed by atoms with Crippen molar-refractivity contribution < 1.29 is 50.0 Å². The molecule has 2 aliphatic heterocycles. The second-order valence-corrected chi connectivity index (χ2v) is 7.30. The number of phenolic OH excluding ortho intramolecular Hbond substituents is 3. The van der Waals surface area contributed by atoms with Crippen LogP contribution < -0.4 is 9.47 Å². The van der Waals surface area contributed by atoms with Gasteiger partial charge >= 0.3 is 0 Å². The summed E-state index contributed by atoms with van der Waals surface area (Å²) in [5, 5.41) is 69.0. The largest absolute Gasteiger partial charge is 0.507 e. The smallest absolute Gasteiger partial charge is 0.229 e. The molecule has 2 heterocycles. The third-order valence-corrected chi connectivity index (χ3v) is 5.25. The van der Waals surface area contributed by atoms with Crippen LogP contribution in [-0.4, -0.2) is 73.1 Å². The van der Waals surface area contributed by atoms with Gasteiger partial charge in [0.2, 0.25) is 6.29 Å². The van der Waals surface area contributed by atoms with E-state index in [4.69, 9.17) is 14.2 Å². The lowest BCUT2D eigenvalue weighted by Crippen LogP contribution is -2.35. The molecule has 0 radical (unpaired) electrons. The van der Waals surface area contributed by atoms with E-state index in [-0.39, 0.29) is 35.2 Å². The molecule has 1 saturated heterocycles. The van der Waals surface area contributed by atoms with Crippen LogP contribution in [0, 0.1) is 0 Å². The first-order valence-corrected chi connectivity index (χ1v) is 9.30. The van der Waals surface area contributed by atoms with E-state index in [1.54, 1.807) is 0 Å². The molecule has 1 fully saturated rings. The normalized spacial score (nSPS) is 30.5. The molecule has 30 heavy (non-hydrogen) atoms. The summed E-state index contributed by atoms with van der Waals surface area (Å²) in [5.74, 6) is -0.598. The standard InChI is InChI=1S/C20H22O10/c21-7-16-17(26)18(27)20(30-16)28-9-4-12(23)10-6-14(25)19(29-15(10)5-9)8-1-2-11(22)13(24)3-8/h1-5,14,16-27H,6-7H2/t14-,16+,17-,18+,19-,20-/m0/s1. The molecular formula is C20H22O10. The molecule has 10 heteroatoms. The minimum atomic E-state index is -1.41. The average Bonchev–Trinajstić information content (AvgIpc) is 2.98. The van der Waals surface area contributed by atoms with Crippen molar-refractivity contribution in [3.8, 4) is 28.7 Å². The van der Waals surface area contributed by atoms with Gasteiger partial charge in [-0.05, 0) is 17.7 Å². The highest BCUT2D eigenvalue weighted by Crippen LogP contribution is 2.43. The summed E-state index contributed by atoms with van der Waals surface area (Å²) in [4.78, 5) is 0. The van der Waals surface area contributed by atoms with Gasteiger partial charge in [-0.1, -0.05) is 6.07 Å². The summed E-state index contributed by atoms with van der Waals surface area (Å²) in [6.45, 7) is -0.504. The molecule has 0 amide bonds. The van der Waals surface area contributed by atoms with E-state index < -0.39 is 43.4 Å². The van der Waals surface area contributed by atoms with Crippen molar-refractivity contribution in [1.82, 2.24) is 0 Å². The Labute approximate surface area is 170 Å². The minimum Gasteiger partial charge on any atom is -0.507 e. The summed E-state index contributed by atoms with van der Waals surface area (Å²) < 4.78 is 16.6. The number of fused-ring (bicyclic) bond motifs is 1. The second kappa shape index (κ2) is 7.82. The van der Waals surface area contributed by atoms with Gasteiger partial charge in [0.25, 0.3) is 0 Å². The molecule has 2 aliphatic rings. The number of aliphatic hydroxyl groups is 4. The molecule has 0 spiro atoms. The van der Waals surface area contributed by atoms with Crippen LogP contribution >= 0.6 is 0 Å². The van der Waals surface area contributed by atoms with Crippen LogP contribution in [0.3, 0.4) is 0 Å². The van der Waals surface area contributed by atoms with Crippen LogP contribution in [0.4, 0.5) is 0 Å². The molecule has 4 rings (SSSR count). The number of benzene rings is 2. The van der Waals surface area contributed by atoms with E-state index >= 15 is 0 Å². The molecule has 6 atom stereocenters. The van der Waals surface area contributed by atoms with E-state index in [0.717, 1.165) is 0 Å². The van der Waals surface area contributed by atoms with Gasteiger partial charge in [-0.25, -0.2) is 0 Å². The van der Waals surface area contributed by atoms with E-state index in [1.165, 1.54) is 30.3 Å². The zero-order valence-corrected chi connectivity index (χ0v) is 15.6. The Kier molecular flexibility index (Phi) is 5.35. The average molecular weight is 422 g/mol. The Morgan fingerprint density at radius 1 is 0.933 bits per heavy atom. The molecule has 10 nitrogen and oxygen atoms in total. The molecular weight excluding hydrogens is 400 g/mol. The zero-order valence-electron chi connectivity index (χ0n) is 15.6. The third-order valence-electron chi connectivity index (χ3n) is 5.25. The first-order valence-electron chi connectivity index (χ1n) is 9.30. The number of ether oxygens (including phenoxy) is 3. The lowest BCUT2D eigenvalue weighted by atomic mass is 9.94. The van der Waals surface area contributed by atoms with E-state index in [1.807, 2.05) is 0 Å². The monoisotopic (exact) mass is 422 g/mol. The van der Waals surface area contributed by atoms with Gasteiger partial charge in [0.05, 0.1) is 12.7 Å². The quantitative estimate of drug-likeness (QED) is 0.324. The lowest BCUT2D eigenvalue weighted by molar-refractivity contribution is -0.116. The van der Waals surface area contributed by atoms with Crippen molar-refractivity contribution in [1.29, 1.82) is 0 Å². The van der Waals surface area contributed by atoms with Crippen molar-refractivity contribution in [2.75, 3.05) is 6.61 Å². The molecule has 0 aromatic heterocycles. The van der Waals surface area contributed by atoms with Gasteiger partial charge in [0.1, 0.15) is 41.7 Å². The molecule has 0 aliphatic carbocycles. The maximum absolute atomic E-state index is 10.5. The number of hydrogen-bond donors (Lipinski definition) is 7. The van der Waals surface area contributed by atoms with Gasteiger partial charge in [-0.3, -0.25) is 0 Å². The summed E-state index contributed by atoms with van der Waals surface area (Å²) in [6.07, 6.45) is -6.86. The third kappa shape index (κ3) is 3.59. The Morgan fingerprint density at radius 2 is 1.70 bits per heavy atom. The van der Waals surface area contributed by atoms with Crippen LogP contribution in [0.2, 0.25) is 0 Å².